The van der Waals surface area contributed by atoms with Crippen LogP contribution in [-0.2, 0) is 10.0 Å². The standard InChI is InChI=1S/C16H22N4O4S/c1-10-15(11(2)18-16(17-10)20(3)4)19-25(21,22)14-9-12(23-5)7-8-13(14)24-6/h7-9,19H,1-6H3. The van der Waals surface area contributed by atoms with Crippen LogP contribution in [0.5, 0.6) is 11.5 Å². The van der Waals surface area contributed by atoms with Crippen molar-refractivity contribution >= 4 is 21.7 Å². The number of aryl methyl sites for hydroxylation is 2. The monoisotopic (exact) mass is 366 g/mol. The Labute approximate surface area is 147 Å². The molecule has 0 atom stereocenters. The molecule has 0 aliphatic carbocycles. The Balaban J connectivity index is 2.50. The van der Waals surface area contributed by atoms with Gasteiger partial charge in [0.1, 0.15) is 16.4 Å². The van der Waals surface area contributed by atoms with Gasteiger partial charge < -0.3 is 14.4 Å². The second kappa shape index (κ2) is 7.14. The van der Waals surface area contributed by atoms with Crippen molar-refractivity contribution in [1.29, 1.82) is 0 Å². The number of hydrogen-bond acceptors (Lipinski definition) is 7. The summed E-state index contributed by atoms with van der Waals surface area (Å²) in [6.07, 6.45) is 0. The Bertz CT molecular complexity index is 859. The van der Waals surface area contributed by atoms with E-state index in [-0.39, 0.29) is 10.6 Å². The van der Waals surface area contributed by atoms with Crippen LogP contribution in [0.4, 0.5) is 11.6 Å². The maximum atomic E-state index is 12.9. The third kappa shape index (κ3) is 3.93. The van der Waals surface area contributed by atoms with E-state index >= 15 is 0 Å². The molecule has 0 unspecified atom stereocenters. The molecule has 0 aliphatic rings. The minimum Gasteiger partial charge on any atom is -0.497 e. The summed E-state index contributed by atoms with van der Waals surface area (Å²) < 4.78 is 38.6. The molecule has 1 heterocycles. The number of nitrogens with one attached hydrogen (secondary N) is 1. The molecular formula is C16H22N4O4S. The normalized spacial score (nSPS) is 11.1. The van der Waals surface area contributed by atoms with E-state index < -0.39 is 10.0 Å². The third-order valence-corrected chi connectivity index (χ3v) is 4.93. The Morgan fingerprint density at radius 1 is 1.04 bits per heavy atom. The zero-order valence-corrected chi connectivity index (χ0v) is 15.9. The quantitative estimate of drug-likeness (QED) is 0.835. The summed E-state index contributed by atoms with van der Waals surface area (Å²) in [4.78, 5) is 10.4. The first-order valence-electron chi connectivity index (χ1n) is 7.47. The van der Waals surface area contributed by atoms with Gasteiger partial charge in [-0.05, 0) is 26.0 Å². The van der Waals surface area contributed by atoms with Crippen LogP contribution in [0.3, 0.4) is 0 Å². The van der Waals surface area contributed by atoms with Gasteiger partial charge in [0.2, 0.25) is 5.95 Å². The van der Waals surface area contributed by atoms with Gasteiger partial charge in [-0.2, -0.15) is 0 Å². The molecule has 0 amide bonds. The molecule has 2 rings (SSSR count). The molecule has 0 fully saturated rings. The van der Waals surface area contributed by atoms with Gasteiger partial charge in [0.15, 0.2) is 0 Å². The van der Waals surface area contributed by atoms with E-state index in [4.69, 9.17) is 9.47 Å². The van der Waals surface area contributed by atoms with Crippen LogP contribution in [0.15, 0.2) is 23.1 Å². The van der Waals surface area contributed by atoms with Crippen molar-refractivity contribution in [3.05, 3.63) is 29.6 Å². The molecule has 136 valence electrons. The largest absolute Gasteiger partial charge is 0.497 e. The van der Waals surface area contributed by atoms with Gasteiger partial charge in [-0.3, -0.25) is 4.72 Å². The van der Waals surface area contributed by atoms with Crippen LogP contribution < -0.4 is 19.1 Å². The first kappa shape index (κ1) is 18.8. The minimum absolute atomic E-state index is 0.0233. The van der Waals surface area contributed by atoms with E-state index in [1.165, 1.54) is 20.3 Å². The van der Waals surface area contributed by atoms with Crippen LogP contribution in [-0.4, -0.2) is 46.7 Å². The minimum atomic E-state index is -3.92. The highest BCUT2D eigenvalue weighted by molar-refractivity contribution is 7.92. The van der Waals surface area contributed by atoms with Crippen LogP contribution in [0.1, 0.15) is 11.4 Å². The Hall–Kier alpha value is -2.55. The molecule has 9 heteroatoms. The topological polar surface area (TPSA) is 93.6 Å². The number of nitrogens with zero attached hydrogens (tertiary/aromatic N) is 3. The summed E-state index contributed by atoms with van der Waals surface area (Å²) in [5.74, 6) is 1.14. The fourth-order valence-electron chi connectivity index (χ4n) is 2.23. The second-order valence-electron chi connectivity index (χ2n) is 5.59. The van der Waals surface area contributed by atoms with Crippen LogP contribution in [0.2, 0.25) is 0 Å². The zero-order valence-electron chi connectivity index (χ0n) is 15.1. The number of benzene rings is 1. The zero-order chi connectivity index (χ0) is 18.8. The lowest BCUT2D eigenvalue weighted by molar-refractivity contribution is 0.392. The number of rotatable bonds is 6. The van der Waals surface area contributed by atoms with E-state index in [9.17, 15) is 8.42 Å². The first-order valence-corrected chi connectivity index (χ1v) is 8.95. The number of methoxy groups -OCH3 is 2. The molecule has 0 spiro atoms. The number of sulfonamides is 1. The molecule has 0 bridgehead atoms. The van der Waals surface area contributed by atoms with Crippen molar-refractivity contribution in [2.24, 2.45) is 0 Å². The van der Waals surface area contributed by atoms with E-state index in [1.54, 1.807) is 30.9 Å². The summed E-state index contributed by atoms with van der Waals surface area (Å²) in [6, 6.07) is 4.57. The molecule has 0 saturated heterocycles. The molecule has 8 nitrogen and oxygen atoms in total. The highest BCUT2D eigenvalue weighted by Crippen LogP contribution is 2.31. The van der Waals surface area contributed by atoms with Crippen LogP contribution in [0, 0.1) is 13.8 Å². The van der Waals surface area contributed by atoms with E-state index in [1.807, 2.05) is 14.1 Å². The molecule has 2 aromatic rings. The lowest BCUT2D eigenvalue weighted by atomic mass is 10.3. The lowest BCUT2D eigenvalue weighted by Gasteiger charge is -2.17. The molecule has 1 aromatic carbocycles. The number of hydrogen-bond donors (Lipinski definition) is 1. The summed E-state index contributed by atoms with van der Waals surface area (Å²) >= 11 is 0. The second-order valence-corrected chi connectivity index (χ2v) is 7.24. The maximum absolute atomic E-state index is 12.9. The van der Waals surface area contributed by atoms with E-state index in [2.05, 4.69) is 14.7 Å². The van der Waals surface area contributed by atoms with Crippen molar-refractivity contribution in [2.75, 3.05) is 37.9 Å². The average molecular weight is 366 g/mol. The number of aromatic nitrogens is 2. The van der Waals surface area contributed by atoms with Gasteiger partial charge in [0, 0.05) is 20.2 Å². The average Bonchev–Trinajstić information content (AvgIpc) is 2.57. The van der Waals surface area contributed by atoms with Crippen molar-refractivity contribution in [3.63, 3.8) is 0 Å². The van der Waals surface area contributed by atoms with Crippen LogP contribution in [0.25, 0.3) is 0 Å². The van der Waals surface area contributed by atoms with Gasteiger partial charge in [-0.25, -0.2) is 18.4 Å². The Morgan fingerprint density at radius 2 is 1.64 bits per heavy atom. The highest BCUT2D eigenvalue weighted by Gasteiger charge is 2.23. The van der Waals surface area contributed by atoms with Gasteiger partial charge >= 0.3 is 0 Å². The Kier molecular flexibility index (Phi) is 5.36. The summed E-state index contributed by atoms with van der Waals surface area (Å²) in [5, 5.41) is 0. The molecule has 1 aromatic heterocycles. The third-order valence-electron chi connectivity index (χ3n) is 3.56. The van der Waals surface area contributed by atoms with E-state index in [0.29, 0.717) is 28.8 Å². The van der Waals surface area contributed by atoms with E-state index in [0.717, 1.165) is 0 Å². The smallest absolute Gasteiger partial charge is 0.265 e. The SMILES string of the molecule is COc1ccc(OC)c(S(=O)(=O)Nc2c(C)nc(N(C)C)nc2C)c1. The highest BCUT2D eigenvalue weighted by atomic mass is 32.2. The fourth-order valence-corrected chi connectivity index (χ4v) is 3.59. The van der Waals surface area contributed by atoms with Crippen molar-refractivity contribution < 1.29 is 17.9 Å². The summed E-state index contributed by atoms with van der Waals surface area (Å²) in [7, 11) is 2.60. The maximum Gasteiger partial charge on any atom is 0.265 e. The van der Waals surface area contributed by atoms with Crippen molar-refractivity contribution in [1.82, 2.24) is 9.97 Å². The van der Waals surface area contributed by atoms with Crippen LogP contribution >= 0.6 is 0 Å². The molecule has 25 heavy (non-hydrogen) atoms. The summed E-state index contributed by atoms with van der Waals surface area (Å²) in [6.45, 7) is 3.45. The predicted octanol–water partition coefficient (Wildman–Crippen LogP) is 1.98. The van der Waals surface area contributed by atoms with Gasteiger partial charge in [0.25, 0.3) is 10.0 Å². The molecular weight excluding hydrogens is 344 g/mol. The Morgan fingerprint density at radius 3 is 2.12 bits per heavy atom. The van der Waals surface area contributed by atoms with Gasteiger partial charge in [-0.15, -0.1) is 0 Å². The lowest BCUT2D eigenvalue weighted by Crippen LogP contribution is -2.19. The first-order chi connectivity index (χ1) is 11.7. The van der Waals surface area contributed by atoms with Gasteiger partial charge in [0.05, 0.1) is 31.3 Å². The fraction of sp³-hybridized carbons (Fsp3) is 0.375. The summed E-state index contributed by atoms with van der Waals surface area (Å²) in [5.41, 5.74) is 1.40. The number of anilines is 2. The van der Waals surface area contributed by atoms with Gasteiger partial charge in [-0.1, -0.05) is 0 Å². The molecule has 0 saturated carbocycles. The van der Waals surface area contributed by atoms with Crippen molar-refractivity contribution in [2.45, 2.75) is 18.7 Å². The number of ether oxygens (including phenoxy) is 2. The molecule has 0 aliphatic heterocycles. The predicted molar refractivity (Wildman–Crippen MR) is 96.2 cm³/mol. The molecule has 1 N–H and O–H groups in total. The molecule has 0 radical (unpaired) electrons. The van der Waals surface area contributed by atoms with Crippen molar-refractivity contribution in [3.8, 4) is 11.5 Å².